The summed E-state index contributed by atoms with van der Waals surface area (Å²) < 4.78 is 5.42. The molecule has 9 heavy (non-hydrogen) atoms. The zero-order chi connectivity index (χ0) is 7.11. The van der Waals surface area contributed by atoms with E-state index < -0.39 is 9.04 Å². The molecule has 0 aliphatic heterocycles. The molecule has 0 saturated carbocycles. The van der Waals surface area contributed by atoms with Crippen LogP contribution in [0.2, 0.25) is 12.6 Å². The van der Waals surface area contributed by atoms with Gasteiger partial charge in [-0.15, -0.1) is 11.6 Å². The molecular weight excluding hydrogens is 152 g/mol. The van der Waals surface area contributed by atoms with E-state index in [1.165, 1.54) is 6.04 Å². The maximum atomic E-state index is 5.51. The van der Waals surface area contributed by atoms with Gasteiger partial charge in [0.15, 0.2) is 9.04 Å². The van der Waals surface area contributed by atoms with Crippen LogP contribution in [0.4, 0.5) is 0 Å². The quantitative estimate of drug-likeness (QED) is 0.449. The molecule has 0 bridgehead atoms. The number of hydrogen-bond acceptors (Lipinski definition) is 1. The number of halogens is 1. The van der Waals surface area contributed by atoms with Crippen molar-refractivity contribution < 1.29 is 4.43 Å². The van der Waals surface area contributed by atoms with Gasteiger partial charge in [0.1, 0.15) is 0 Å². The van der Waals surface area contributed by atoms with Crippen molar-refractivity contribution >= 4 is 20.6 Å². The van der Waals surface area contributed by atoms with Crippen LogP contribution in [0.15, 0.2) is 0 Å². The van der Waals surface area contributed by atoms with E-state index in [-0.39, 0.29) is 0 Å². The van der Waals surface area contributed by atoms with Crippen LogP contribution in [0.25, 0.3) is 0 Å². The zero-order valence-corrected chi connectivity index (χ0v) is 8.10. The van der Waals surface area contributed by atoms with Crippen LogP contribution in [0.1, 0.15) is 13.3 Å². The molecule has 0 aromatic heterocycles. The Balaban J connectivity index is 2.95. The molecule has 0 aromatic carbocycles. The predicted octanol–water partition coefficient (Wildman–Crippen LogP) is 2.01. The van der Waals surface area contributed by atoms with Gasteiger partial charge in [-0.25, -0.2) is 0 Å². The molecule has 1 unspecified atom stereocenters. The lowest BCUT2D eigenvalue weighted by Crippen LogP contribution is -2.12. The third-order valence-corrected chi connectivity index (χ3v) is 3.59. The summed E-state index contributed by atoms with van der Waals surface area (Å²) in [6, 6.07) is 1.22. The van der Waals surface area contributed by atoms with Crippen molar-refractivity contribution in [2.75, 3.05) is 12.5 Å². The average molecular weight is 167 g/mol. The fourth-order valence-electron chi connectivity index (χ4n) is 0.732. The maximum absolute atomic E-state index is 5.51. The SMILES string of the molecule is CCO[SiH](C)CCCCl. The number of hydrogen-bond donors (Lipinski definition) is 0. The molecule has 0 radical (unpaired) electrons. The Hall–Kier alpha value is 0.467. The van der Waals surface area contributed by atoms with Crippen molar-refractivity contribution in [3.63, 3.8) is 0 Å². The molecule has 1 nitrogen and oxygen atoms in total. The summed E-state index contributed by atoms with van der Waals surface area (Å²) in [7, 11) is -0.804. The second kappa shape index (κ2) is 6.58. The van der Waals surface area contributed by atoms with Gasteiger partial charge >= 0.3 is 0 Å². The van der Waals surface area contributed by atoms with Gasteiger partial charge in [-0.2, -0.15) is 0 Å². The summed E-state index contributed by atoms with van der Waals surface area (Å²) in [6.45, 7) is 5.13. The van der Waals surface area contributed by atoms with Crippen molar-refractivity contribution in [1.29, 1.82) is 0 Å². The van der Waals surface area contributed by atoms with Crippen LogP contribution in [0, 0.1) is 0 Å². The molecule has 0 N–H and O–H groups in total. The highest BCUT2D eigenvalue weighted by Gasteiger charge is 2.00. The molecule has 3 heteroatoms. The molecular formula is C6H15ClOSi. The molecule has 0 aromatic rings. The molecule has 0 fully saturated rings. The van der Waals surface area contributed by atoms with Crippen LogP contribution in [0.5, 0.6) is 0 Å². The molecule has 0 heterocycles. The fourth-order valence-corrected chi connectivity index (χ4v) is 2.66. The highest BCUT2D eigenvalue weighted by atomic mass is 35.5. The van der Waals surface area contributed by atoms with E-state index in [1.807, 2.05) is 6.92 Å². The standard InChI is InChI=1S/C6H15ClOSi/c1-3-8-9(2)6-4-5-7/h9H,3-6H2,1-2H3. The Morgan fingerprint density at radius 2 is 2.22 bits per heavy atom. The van der Waals surface area contributed by atoms with Crippen molar-refractivity contribution in [1.82, 2.24) is 0 Å². The minimum absolute atomic E-state index is 0.782. The van der Waals surface area contributed by atoms with Gasteiger partial charge in [0, 0.05) is 12.5 Å². The van der Waals surface area contributed by atoms with E-state index in [9.17, 15) is 0 Å². The lowest BCUT2D eigenvalue weighted by molar-refractivity contribution is 0.345. The Morgan fingerprint density at radius 3 is 2.67 bits per heavy atom. The largest absolute Gasteiger partial charge is 0.421 e. The fraction of sp³-hybridized carbons (Fsp3) is 1.00. The first kappa shape index (κ1) is 9.47. The van der Waals surface area contributed by atoms with E-state index in [0.717, 1.165) is 18.9 Å². The first-order valence-electron chi connectivity index (χ1n) is 3.48. The van der Waals surface area contributed by atoms with Crippen molar-refractivity contribution in [2.24, 2.45) is 0 Å². The minimum Gasteiger partial charge on any atom is -0.421 e. The first-order chi connectivity index (χ1) is 4.31. The summed E-state index contributed by atoms with van der Waals surface area (Å²) in [6.07, 6.45) is 1.12. The summed E-state index contributed by atoms with van der Waals surface area (Å²) in [4.78, 5) is 0. The van der Waals surface area contributed by atoms with Crippen LogP contribution >= 0.6 is 11.6 Å². The van der Waals surface area contributed by atoms with E-state index >= 15 is 0 Å². The van der Waals surface area contributed by atoms with Gasteiger partial charge in [-0.1, -0.05) is 0 Å². The Labute approximate surface area is 64.1 Å². The molecule has 0 aliphatic carbocycles. The van der Waals surface area contributed by atoms with Crippen LogP contribution in [-0.4, -0.2) is 21.5 Å². The van der Waals surface area contributed by atoms with Crippen molar-refractivity contribution in [3.05, 3.63) is 0 Å². The van der Waals surface area contributed by atoms with Gasteiger partial charge in [0.25, 0.3) is 0 Å². The van der Waals surface area contributed by atoms with Crippen LogP contribution in [-0.2, 0) is 4.43 Å². The molecule has 1 atom stereocenters. The Morgan fingerprint density at radius 1 is 1.56 bits per heavy atom. The Bertz CT molecular complexity index is 61.0. The van der Waals surface area contributed by atoms with Crippen LogP contribution < -0.4 is 0 Å². The normalized spacial score (nSPS) is 13.7. The van der Waals surface area contributed by atoms with E-state index in [1.54, 1.807) is 0 Å². The number of alkyl halides is 1. The molecule has 0 spiro atoms. The van der Waals surface area contributed by atoms with Crippen molar-refractivity contribution in [2.45, 2.75) is 25.9 Å². The minimum atomic E-state index is -0.804. The average Bonchev–Trinajstić information content (AvgIpc) is 1.85. The molecule has 0 rings (SSSR count). The lowest BCUT2D eigenvalue weighted by Gasteiger charge is -2.06. The van der Waals surface area contributed by atoms with E-state index in [2.05, 4.69) is 6.55 Å². The molecule has 0 amide bonds. The van der Waals surface area contributed by atoms with Gasteiger partial charge in [-0.05, 0) is 25.9 Å². The predicted molar refractivity (Wildman–Crippen MR) is 44.8 cm³/mol. The monoisotopic (exact) mass is 166 g/mol. The topological polar surface area (TPSA) is 9.23 Å². The smallest absolute Gasteiger partial charge is 0.173 e. The van der Waals surface area contributed by atoms with Gasteiger partial charge in [0.05, 0.1) is 0 Å². The van der Waals surface area contributed by atoms with E-state index in [4.69, 9.17) is 16.0 Å². The summed E-state index contributed by atoms with van der Waals surface area (Å²) in [5.41, 5.74) is 0. The second-order valence-electron chi connectivity index (χ2n) is 2.10. The molecule has 56 valence electrons. The molecule has 0 aliphatic rings. The first-order valence-corrected chi connectivity index (χ1v) is 6.46. The summed E-state index contributed by atoms with van der Waals surface area (Å²) in [5.74, 6) is 0.782. The second-order valence-corrected chi connectivity index (χ2v) is 5.01. The number of rotatable bonds is 5. The summed E-state index contributed by atoms with van der Waals surface area (Å²) >= 11 is 5.51. The summed E-state index contributed by atoms with van der Waals surface area (Å²) in [5, 5.41) is 0. The maximum Gasteiger partial charge on any atom is 0.173 e. The third-order valence-electron chi connectivity index (χ3n) is 1.20. The van der Waals surface area contributed by atoms with Gasteiger partial charge < -0.3 is 4.43 Å². The van der Waals surface area contributed by atoms with E-state index in [0.29, 0.717) is 0 Å². The Kier molecular flexibility index (Phi) is 6.93. The highest BCUT2D eigenvalue weighted by Crippen LogP contribution is 1.99. The van der Waals surface area contributed by atoms with Crippen molar-refractivity contribution in [3.8, 4) is 0 Å². The third kappa shape index (κ3) is 6.35. The van der Waals surface area contributed by atoms with Crippen LogP contribution in [0.3, 0.4) is 0 Å². The lowest BCUT2D eigenvalue weighted by atomic mass is 10.6. The zero-order valence-electron chi connectivity index (χ0n) is 6.19. The highest BCUT2D eigenvalue weighted by molar-refractivity contribution is 6.50. The van der Waals surface area contributed by atoms with Gasteiger partial charge in [-0.3, -0.25) is 0 Å². The van der Waals surface area contributed by atoms with Gasteiger partial charge in [0.2, 0.25) is 0 Å². The molecule has 0 saturated heterocycles.